The van der Waals surface area contributed by atoms with Gasteiger partial charge >= 0.3 is 0 Å². The number of pyridine rings is 1. The zero-order valence-corrected chi connectivity index (χ0v) is 20.6. The van der Waals surface area contributed by atoms with Crippen molar-refractivity contribution in [3.63, 3.8) is 0 Å². The largest absolute Gasteiger partial charge is 0.299 e. The van der Waals surface area contributed by atoms with Crippen molar-refractivity contribution in [3.8, 4) is 0 Å². The molecule has 1 aromatic rings. The maximum atomic E-state index is 11.3. The molecule has 2 heterocycles. The van der Waals surface area contributed by atoms with Gasteiger partial charge in [-0.2, -0.15) is 0 Å². The van der Waals surface area contributed by atoms with Crippen LogP contribution in [0, 0.1) is 5.92 Å². The van der Waals surface area contributed by atoms with Crippen molar-refractivity contribution in [2.75, 3.05) is 7.05 Å². The highest BCUT2D eigenvalue weighted by atomic mass is 16.5. The zero-order valence-electron chi connectivity index (χ0n) is 20.6. The lowest BCUT2D eigenvalue weighted by molar-refractivity contribution is 0.0705. The van der Waals surface area contributed by atoms with Crippen LogP contribution in [-0.4, -0.2) is 34.1 Å². The first-order valence-corrected chi connectivity index (χ1v) is 12.1. The Labute approximate surface area is 185 Å². The smallest absolute Gasteiger partial charge is 0.276 e. The molecule has 30 heavy (non-hydrogen) atoms. The number of likely N-dealkylation sites (N-methyl/N-ethyl adjacent to an activating group) is 1. The third kappa shape index (κ3) is 10.0. The van der Waals surface area contributed by atoms with Crippen molar-refractivity contribution >= 4 is 5.91 Å². The summed E-state index contributed by atoms with van der Waals surface area (Å²) in [6.45, 7) is 13.9. The molecule has 1 amide bonds. The molecule has 2 N–H and O–H groups in total. The van der Waals surface area contributed by atoms with Crippen LogP contribution in [0.3, 0.4) is 0 Å². The predicted molar refractivity (Wildman–Crippen MR) is 127 cm³/mol. The average molecular weight is 422 g/mol. The minimum absolute atomic E-state index is 0.398. The number of carbonyl (C=O) groups is 1. The van der Waals surface area contributed by atoms with Gasteiger partial charge in [0.1, 0.15) is 0 Å². The molecule has 0 saturated heterocycles. The van der Waals surface area contributed by atoms with Gasteiger partial charge in [0, 0.05) is 30.9 Å². The van der Waals surface area contributed by atoms with E-state index in [9.17, 15) is 4.79 Å². The first-order chi connectivity index (χ1) is 14.5. The number of nitrogens with zero attached hydrogens (tertiary/aromatic N) is 2. The molecule has 1 atom stereocenters. The molecule has 0 fully saturated rings. The van der Waals surface area contributed by atoms with E-state index in [0.29, 0.717) is 11.6 Å². The Bertz CT molecular complexity index is 574. The topological polar surface area (TPSA) is 65.5 Å². The van der Waals surface area contributed by atoms with Crippen molar-refractivity contribution < 1.29 is 10.0 Å². The normalized spacial score (nSPS) is 15.4. The Balaban J connectivity index is 0.000000565. The van der Waals surface area contributed by atoms with Gasteiger partial charge in [-0.15, -0.1) is 0 Å². The van der Waals surface area contributed by atoms with E-state index in [0.717, 1.165) is 36.6 Å². The lowest BCUT2D eigenvalue weighted by atomic mass is 9.96. The van der Waals surface area contributed by atoms with E-state index in [4.69, 9.17) is 5.21 Å². The second-order valence-corrected chi connectivity index (χ2v) is 7.98. The molecule has 0 aliphatic carbocycles. The maximum absolute atomic E-state index is 11.3. The first kappa shape index (κ1) is 28.5. The monoisotopic (exact) mass is 421 g/mol. The van der Waals surface area contributed by atoms with Crippen LogP contribution in [0.4, 0.5) is 0 Å². The molecule has 1 aromatic heterocycles. The Morgan fingerprint density at radius 2 is 1.87 bits per heavy atom. The second kappa shape index (κ2) is 17.2. The SMILES string of the molecule is CC.CCCCCCC(CC)CC.CC[C@@H]1Cc2ncc(C(=O)NO)cc2CN1C. The fourth-order valence-electron chi connectivity index (χ4n) is 3.84. The predicted octanol–water partition coefficient (Wildman–Crippen LogP) is 6.39. The third-order valence-electron chi connectivity index (χ3n) is 5.99. The average Bonchev–Trinajstić information content (AvgIpc) is 2.79. The van der Waals surface area contributed by atoms with E-state index >= 15 is 0 Å². The van der Waals surface area contributed by atoms with Crippen molar-refractivity contribution in [2.24, 2.45) is 5.92 Å². The number of hydrogen-bond donors (Lipinski definition) is 2. The van der Waals surface area contributed by atoms with Gasteiger partial charge in [0.2, 0.25) is 0 Å². The van der Waals surface area contributed by atoms with Crippen LogP contribution in [0.2, 0.25) is 0 Å². The van der Waals surface area contributed by atoms with Gasteiger partial charge in [-0.3, -0.25) is 19.9 Å². The minimum Gasteiger partial charge on any atom is -0.299 e. The zero-order chi connectivity index (χ0) is 22.9. The number of fused-ring (bicyclic) bond motifs is 1. The Kier molecular flexibility index (Phi) is 16.4. The van der Waals surface area contributed by atoms with Gasteiger partial charge < -0.3 is 0 Å². The number of nitrogens with one attached hydrogen (secondary N) is 1. The molecular formula is C25H47N3O2. The minimum atomic E-state index is -0.513. The Morgan fingerprint density at radius 1 is 1.20 bits per heavy atom. The fourth-order valence-corrected chi connectivity index (χ4v) is 3.84. The highest BCUT2D eigenvalue weighted by Crippen LogP contribution is 2.22. The molecule has 0 bridgehead atoms. The molecule has 0 aromatic carbocycles. The molecule has 0 spiro atoms. The number of unbranched alkanes of at least 4 members (excludes halogenated alkanes) is 3. The lowest BCUT2D eigenvalue weighted by Crippen LogP contribution is -2.37. The first-order valence-electron chi connectivity index (χ1n) is 12.1. The van der Waals surface area contributed by atoms with Crippen LogP contribution < -0.4 is 5.48 Å². The summed E-state index contributed by atoms with van der Waals surface area (Å²) in [6.07, 6.45) is 13.5. The van der Waals surface area contributed by atoms with Crippen LogP contribution in [0.1, 0.15) is 115 Å². The molecule has 0 saturated carbocycles. The highest BCUT2D eigenvalue weighted by Gasteiger charge is 2.23. The van der Waals surface area contributed by atoms with E-state index in [1.165, 1.54) is 51.1 Å². The van der Waals surface area contributed by atoms with Gasteiger partial charge in [-0.05, 0) is 31.0 Å². The number of carbonyl (C=O) groups excluding carboxylic acids is 1. The molecule has 174 valence electrons. The van der Waals surface area contributed by atoms with Crippen molar-refractivity contribution in [2.45, 2.75) is 112 Å². The molecule has 1 aliphatic rings. The van der Waals surface area contributed by atoms with E-state index in [1.54, 1.807) is 11.5 Å². The highest BCUT2D eigenvalue weighted by molar-refractivity contribution is 5.93. The summed E-state index contributed by atoms with van der Waals surface area (Å²) < 4.78 is 0. The van der Waals surface area contributed by atoms with Crippen LogP contribution in [0.15, 0.2) is 12.3 Å². The van der Waals surface area contributed by atoms with Gasteiger partial charge in [0.15, 0.2) is 0 Å². The second-order valence-electron chi connectivity index (χ2n) is 7.98. The lowest BCUT2D eigenvalue weighted by Gasteiger charge is -2.32. The van der Waals surface area contributed by atoms with E-state index < -0.39 is 5.91 Å². The standard InChI is InChI=1S/C12H17N3O2.C11H24.C2H6/c1-3-10-5-11-9(7-15(10)2)4-8(6-13-11)12(16)14-17;1-4-7-8-9-10-11(5-2)6-3;1-2/h4,6,10,17H,3,5,7H2,1-2H3,(H,14,16);11H,4-10H2,1-3H3;1-2H3/t10-;;/m1../s1. The third-order valence-corrected chi connectivity index (χ3v) is 5.99. The molecule has 0 radical (unpaired) electrons. The quantitative estimate of drug-likeness (QED) is 0.275. The summed E-state index contributed by atoms with van der Waals surface area (Å²) in [5, 5.41) is 8.59. The van der Waals surface area contributed by atoms with Crippen LogP contribution in [-0.2, 0) is 13.0 Å². The van der Waals surface area contributed by atoms with Crippen LogP contribution >= 0.6 is 0 Å². The number of aromatic nitrogens is 1. The van der Waals surface area contributed by atoms with Crippen LogP contribution in [0.5, 0.6) is 0 Å². The number of hydroxylamine groups is 1. The number of hydrogen-bond acceptors (Lipinski definition) is 4. The molecule has 1 aliphatic heterocycles. The summed E-state index contributed by atoms with van der Waals surface area (Å²) in [7, 11) is 2.08. The van der Waals surface area contributed by atoms with E-state index in [-0.39, 0.29) is 0 Å². The molecule has 5 nitrogen and oxygen atoms in total. The van der Waals surface area contributed by atoms with Crippen molar-refractivity contribution in [1.29, 1.82) is 0 Å². The van der Waals surface area contributed by atoms with E-state index in [2.05, 4.69) is 44.6 Å². The van der Waals surface area contributed by atoms with Gasteiger partial charge in [0.25, 0.3) is 5.91 Å². The van der Waals surface area contributed by atoms with Gasteiger partial charge in [0.05, 0.1) is 5.56 Å². The van der Waals surface area contributed by atoms with Crippen molar-refractivity contribution in [3.05, 3.63) is 29.1 Å². The number of rotatable bonds is 9. The summed E-state index contributed by atoms with van der Waals surface area (Å²) in [4.78, 5) is 17.9. The Morgan fingerprint density at radius 3 is 2.40 bits per heavy atom. The number of amides is 1. The van der Waals surface area contributed by atoms with Crippen molar-refractivity contribution in [1.82, 2.24) is 15.4 Å². The fraction of sp³-hybridized carbons (Fsp3) is 0.760. The summed E-state index contributed by atoms with van der Waals surface area (Å²) in [5.41, 5.74) is 4.15. The summed E-state index contributed by atoms with van der Waals surface area (Å²) in [5.74, 6) is 0.493. The van der Waals surface area contributed by atoms with Crippen LogP contribution in [0.25, 0.3) is 0 Å². The summed E-state index contributed by atoms with van der Waals surface area (Å²) in [6, 6.07) is 2.32. The molecular weight excluding hydrogens is 374 g/mol. The molecule has 0 unspecified atom stereocenters. The Hall–Kier alpha value is -1.46. The van der Waals surface area contributed by atoms with Gasteiger partial charge in [-0.1, -0.05) is 86.5 Å². The maximum Gasteiger partial charge on any atom is 0.276 e. The van der Waals surface area contributed by atoms with E-state index in [1.807, 2.05) is 13.8 Å². The molecule has 5 heteroatoms. The summed E-state index contributed by atoms with van der Waals surface area (Å²) >= 11 is 0. The molecule has 2 rings (SSSR count). The van der Waals surface area contributed by atoms with Gasteiger partial charge in [-0.25, -0.2) is 5.48 Å².